The molecule has 0 saturated heterocycles. The Morgan fingerprint density at radius 1 is 1.17 bits per heavy atom. The van der Waals surface area contributed by atoms with Crippen LogP contribution >= 0.6 is 11.6 Å². The van der Waals surface area contributed by atoms with Gasteiger partial charge in [-0.05, 0) is 60.5 Å². The third-order valence-electron chi connectivity index (χ3n) is 5.56. The van der Waals surface area contributed by atoms with Crippen LogP contribution < -0.4 is 0 Å². The van der Waals surface area contributed by atoms with Crippen molar-refractivity contribution in [3.8, 4) is 0 Å². The molecule has 2 unspecified atom stereocenters. The van der Waals surface area contributed by atoms with Crippen LogP contribution in [0.25, 0.3) is 0 Å². The normalized spacial score (nSPS) is 68.9. The molecule has 2 atom stereocenters. The first-order valence-corrected chi connectivity index (χ1v) is 5.29. The van der Waals surface area contributed by atoms with E-state index in [4.69, 9.17) is 11.6 Å². The predicted molar refractivity (Wildman–Crippen MR) is 44.7 cm³/mol. The SMILES string of the molecule is O=C(Cl)C12CC3CC4CC(C1)C432. The molecule has 0 heterocycles. The summed E-state index contributed by atoms with van der Waals surface area (Å²) < 4.78 is 0. The molecule has 4 aliphatic carbocycles. The van der Waals surface area contributed by atoms with Gasteiger partial charge in [-0.15, -0.1) is 0 Å². The van der Waals surface area contributed by atoms with Crippen molar-refractivity contribution in [3.05, 3.63) is 0 Å². The maximum absolute atomic E-state index is 11.3. The van der Waals surface area contributed by atoms with Crippen LogP contribution in [-0.2, 0) is 4.79 Å². The van der Waals surface area contributed by atoms with Gasteiger partial charge in [-0.2, -0.15) is 0 Å². The number of rotatable bonds is 1. The molecule has 4 saturated carbocycles. The molecule has 4 rings (SSSR count). The zero-order valence-electron chi connectivity index (χ0n) is 6.85. The van der Waals surface area contributed by atoms with Gasteiger partial charge in [0.2, 0.25) is 5.24 Å². The van der Waals surface area contributed by atoms with Gasteiger partial charge in [-0.3, -0.25) is 4.79 Å². The molecule has 0 aromatic carbocycles. The van der Waals surface area contributed by atoms with Crippen molar-refractivity contribution < 1.29 is 4.79 Å². The van der Waals surface area contributed by atoms with Crippen LogP contribution in [-0.4, -0.2) is 5.24 Å². The van der Waals surface area contributed by atoms with Crippen molar-refractivity contribution >= 4 is 16.8 Å². The third-order valence-corrected chi connectivity index (χ3v) is 5.92. The van der Waals surface area contributed by atoms with Crippen LogP contribution in [0.5, 0.6) is 0 Å². The minimum atomic E-state index is -0.0144. The highest BCUT2D eigenvalue weighted by molar-refractivity contribution is 6.65. The number of carbonyl (C=O) groups excluding carboxylic acids is 1. The first-order valence-electron chi connectivity index (χ1n) is 4.92. The summed E-state index contributed by atoms with van der Waals surface area (Å²) in [4.78, 5) is 11.3. The second-order valence-corrected chi connectivity index (χ2v) is 5.60. The highest BCUT2D eigenvalue weighted by atomic mass is 35.5. The van der Waals surface area contributed by atoms with Gasteiger partial charge in [0.15, 0.2) is 0 Å². The van der Waals surface area contributed by atoms with E-state index < -0.39 is 0 Å². The monoisotopic (exact) mass is 182 g/mol. The summed E-state index contributed by atoms with van der Waals surface area (Å²) in [5, 5.41) is -0.0144. The van der Waals surface area contributed by atoms with E-state index in [0.717, 1.165) is 30.6 Å². The molecule has 0 N–H and O–H groups in total. The van der Waals surface area contributed by atoms with Crippen LogP contribution in [0, 0.1) is 28.6 Å². The van der Waals surface area contributed by atoms with Crippen molar-refractivity contribution in [2.75, 3.05) is 0 Å². The van der Waals surface area contributed by atoms with Gasteiger partial charge in [0.05, 0.1) is 5.41 Å². The van der Waals surface area contributed by atoms with Gasteiger partial charge in [-0.1, -0.05) is 0 Å². The summed E-state index contributed by atoms with van der Waals surface area (Å²) in [5.74, 6) is 2.70. The first kappa shape index (κ1) is 6.42. The largest absolute Gasteiger partial charge is 0.281 e. The Balaban J connectivity index is 1.83. The molecule has 0 amide bonds. The van der Waals surface area contributed by atoms with Crippen LogP contribution in [0.4, 0.5) is 0 Å². The van der Waals surface area contributed by atoms with Gasteiger partial charge >= 0.3 is 0 Å². The van der Waals surface area contributed by atoms with Gasteiger partial charge in [0.25, 0.3) is 0 Å². The Morgan fingerprint density at radius 3 is 2.00 bits per heavy atom. The van der Waals surface area contributed by atoms with Gasteiger partial charge < -0.3 is 0 Å². The molecule has 0 aromatic rings. The number of halogens is 1. The molecule has 2 heteroatoms. The standard InChI is InChI=1S/C10H11ClO/c11-8(12)9-3-6-1-5-2-7(4-9)10(5,6)9/h5-7H,1-4H2. The smallest absolute Gasteiger partial charge is 0.228 e. The zero-order chi connectivity index (χ0) is 8.14. The lowest BCUT2D eigenvalue weighted by atomic mass is 9.13. The molecule has 0 radical (unpaired) electrons. The maximum atomic E-state index is 11.3. The Labute approximate surface area is 76.5 Å². The maximum Gasteiger partial charge on any atom is 0.228 e. The van der Waals surface area contributed by atoms with E-state index in [-0.39, 0.29) is 10.7 Å². The molecule has 12 heavy (non-hydrogen) atoms. The fraction of sp³-hybridized carbons (Fsp3) is 0.900. The molecule has 0 aromatic heterocycles. The number of hydrogen-bond donors (Lipinski definition) is 0. The summed E-state index contributed by atoms with van der Waals surface area (Å²) in [6.45, 7) is 0. The quantitative estimate of drug-likeness (QED) is 0.569. The lowest BCUT2D eigenvalue weighted by Gasteiger charge is -2.90. The fourth-order valence-corrected chi connectivity index (χ4v) is 5.58. The summed E-state index contributed by atoms with van der Waals surface area (Å²) >= 11 is 5.70. The van der Waals surface area contributed by atoms with E-state index in [1.807, 2.05) is 0 Å². The van der Waals surface area contributed by atoms with E-state index in [2.05, 4.69) is 0 Å². The molecule has 64 valence electrons. The predicted octanol–water partition coefficient (Wildman–Crippen LogP) is 2.19. The van der Waals surface area contributed by atoms with Crippen molar-refractivity contribution in [2.24, 2.45) is 28.6 Å². The van der Waals surface area contributed by atoms with Crippen molar-refractivity contribution in [1.82, 2.24) is 0 Å². The zero-order valence-corrected chi connectivity index (χ0v) is 7.60. The Morgan fingerprint density at radius 2 is 1.75 bits per heavy atom. The molecule has 4 aliphatic rings. The molecule has 0 bridgehead atoms. The molecule has 0 aliphatic heterocycles. The lowest BCUT2D eigenvalue weighted by Crippen LogP contribution is -2.86. The summed E-state index contributed by atoms with van der Waals surface area (Å²) in [5.41, 5.74) is 0.497. The van der Waals surface area contributed by atoms with E-state index in [1.165, 1.54) is 12.8 Å². The summed E-state index contributed by atoms with van der Waals surface area (Å²) in [6.07, 6.45) is 5.06. The number of hydrogen-bond acceptors (Lipinski definition) is 1. The summed E-state index contributed by atoms with van der Waals surface area (Å²) in [6, 6.07) is 0. The third kappa shape index (κ3) is 0.308. The van der Waals surface area contributed by atoms with Crippen LogP contribution in [0.3, 0.4) is 0 Å². The topological polar surface area (TPSA) is 17.1 Å². The fourth-order valence-electron chi connectivity index (χ4n) is 5.27. The second kappa shape index (κ2) is 1.39. The van der Waals surface area contributed by atoms with Gasteiger partial charge in [0, 0.05) is 0 Å². The van der Waals surface area contributed by atoms with E-state index in [0.29, 0.717) is 5.41 Å². The Kier molecular flexibility index (Phi) is 0.744. The molecule has 4 fully saturated rings. The average Bonchev–Trinajstić information content (AvgIpc) is 1.78. The Bertz CT molecular complexity index is 283. The van der Waals surface area contributed by atoms with Crippen LogP contribution in [0.2, 0.25) is 0 Å². The molecular formula is C10H11ClO. The molecule has 1 nitrogen and oxygen atoms in total. The minimum absolute atomic E-state index is 0.00502. The van der Waals surface area contributed by atoms with Gasteiger partial charge in [-0.25, -0.2) is 0 Å². The average molecular weight is 183 g/mol. The van der Waals surface area contributed by atoms with E-state index >= 15 is 0 Å². The minimum Gasteiger partial charge on any atom is -0.281 e. The number of carbonyl (C=O) groups is 1. The second-order valence-electron chi connectivity index (χ2n) is 5.26. The van der Waals surface area contributed by atoms with Crippen LogP contribution in [0.15, 0.2) is 0 Å². The summed E-state index contributed by atoms with van der Waals surface area (Å²) in [7, 11) is 0. The van der Waals surface area contributed by atoms with Crippen molar-refractivity contribution in [2.45, 2.75) is 25.7 Å². The molecular weight excluding hydrogens is 172 g/mol. The highest BCUT2D eigenvalue weighted by Crippen LogP contribution is 2.93. The molecule has 1 spiro atoms. The Hall–Kier alpha value is -0.0400. The first-order chi connectivity index (χ1) is 5.72. The highest BCUT2D eigenvalue weighted by Gasteiger charge is 2.89. The van der Waals surface area contributed by atoms with E-state index in [9.17, 15) is 4.79 Å². The lowest BCUT2D eigenvalue weighted by molar-refractivity contribution is -0.410. The van der Waals surface area contributed by atoms with Crippen LogP contribution in [0.1, 0.15) is 25.7 Å². The van der Waals surface area contributed by atoms with Crippen molar-refractivity contribution in [1.29, 1.82) is 0 Å². The van der Waals surface area contributed by atoms with E-state index in [1.54, 1.807) is 0 Å². The van der Waals surface area contributed by atoms with Gasteiger partial charge in [0.1, 0.15) is 0 Å². The van der Waals surface area contributed by atoms with Crippen molar-refractivity contribution in [3.63, 3.8) is 0 Å².